The van der Waals surface area contributed by atoms with Gasteiger partial charge in [-0.3, -0.25) is 19.9 Å². The summed E-state index contributed by atoms with van der Waals surface area (Å²) < 4.78 is 13.9. The Morgan fingerprint density at radius 2 is 1.90 bits per heavy atom. The summed E-state index contributed by atoms with van der Waals surface area (Å²) >= 11 is 0. The van der Waals surface area contributed by atoms with Crippen LogP contribution >= 0.6 is 0 Å². The van der Waals surface area contributed by atoms with Gasteiger partial charge in [0, 0.05) is 51.4 Å². The number of aromatic nitrogens is 4. The molecule has 0 unspecified atom stereocenters. The smallest absolute Gasteiger partial charge is 0.227 e. The number of pyridine rings is 1. The molecule has 1 fully saturated rings. The number of rotatable bonds is 7. The van der Waals surface area contributed by atoms with E-state index in [2.05, 4.69) is 37.2 Å². The number of amides is 1. The van der Waals surface area contributed by atoms with E-state index in [1.165, 1.54) is 12.1 Å². The molecule has 3 N–H and O–H groups in total. The van der Waals surface area contributed by atoms with E-state index in [-0.39, 0.29) is 17.6 Å². The Labute approximate surface area is 231 Å². The number of nitrogens with zero attached hydrogens (tertiary/aromatic N) is 3. The van der Waals surface area contributed by atoms with Crippen molar-refractivity contribution < 1.29 is 9.18 Å². The van der Waals surface area contributed by atoms with Crippen LogP contribution in [0.15, 0.2) is 83.8 Å². The lowest BCUT2D eigenvalue weighted by Gasteiger charge is -2.11. The lowest BCUT2D eigenvalue weighted by molar-refractivity contribution is -0.124. The molecule has 6 rings (SSSR count). The molecule has 0 radical (unpaired) electrons. The Bertz CT molecular complexity index is 1800. The van der Waals surface area contributed by atoms with Crippen LogP contribution in [0, 0.1) is 11.7 Å². The lowest BCUT2D eigenvalue weighted by atomic mass is 10.0. The van der Waals surface area contributed by atoms with Crippen LogP contribution in [-0.4, -0.2) is 32.8 Å². The zero-order valence-corrected chi connectivity index (χ0v) is 22.2. The number of carbonyl (C=O) groups excluding carboxylic acids is 1. The van der Waals surface area contributed by atoms with E-state index in [4.69, 9.17) is 0 Å². The molecular formula is C32H29FN6O. The molecule has 2 aromatic carbocycles. The summed E-state index contributed by atoms with van der Waals surface area (Å²) in [5.41, 5.74) is 7.21. The summed E-state index contributed by atoms with van der Waals surface area (Å²) in [6, 6.07) is 16.3. The van der Waals surface area contributed by atoms with Gasteiger partial charge in [-0.05, 0) is 74.5 Å². The first kappa shape index (κ1) is 25.4. The van der Waals surface area contributed by atoms with Crippen molar-refractivity contribution in [2.75, 3.05) is 0 Å². The van der Waals surface area contributed by atoms with Crippen molar-refractivity contribution in [3.05, 3.63) is 90.1 Å². The van der Waals surface area contributed by atoms with Crippen LogP contribution in [0.25, 0.3) is 50.0 Å². The normalized spacial score (nSPS) is 14.8. The zero-order valence-electron chi connectivity index (χ0n) is 22.2. The Hall–Kier alpha value is -4.85. The second kappa shape index (κ2) is 10.7. The first-order chi connectivity index (χ1) is 19.5. The van der Waals surface area contributed by atoms with Gasteiger partial charge in [0.25, 0.3) is 0 Å². The minimum absolute atomic E-state index is 0.0793. The van der Waals surface area contributed by atoms with Gasteiger partial charge in [-0.15, -0.1) is 0 Å². The molecule has 0 spiro atoms. The topological polar surface area (TPSA) is 98.8 Å². The molecule has 0 aliphatic heterocycles. The molecule has 1 saturated carbocycles. The highest BCUT2D eigenvalue weighted by molar-refractivity contribution is 6.00. The highest BCUT2D eigenvalue weighted by Crippen LogP contribution is 2.34. The molecule has 0 atom stereocenters. The Morgan fingerprint density at radius 1 is 1.07 bits per heavy atom. The molecule has 0 bridgehead atoms. The number of nitrogens with one attached hydrogen (secondary N) is 3. The Morgan fingerprint density at radius 3 is 2.70 bits per heavy atom. The first-order valence-electron chi connectivity index (χ1n) is 13.4. The maximum absolute atomic E-state index is 13.9. The zero-order chi connectivity index (χ0) is 27.6. The van der Waals surface area contributed by atoms with Crippen molar-refractivity contribution >= 4 is 40.0 Å². The van der Waals surface area contributed by atoms with Crippen LogP contribution in [0.1, 0.15) is 38.2 Å². The van der Waals surface area contributed by atoms with Crippen molar-refractivity contribution in [3.8, 4) is 22.6 Å². The van der Waals surface area contributed by atoms with Crippen molar-refractivity contribution in [2.24, 2.45) is 10.9 Å². The standard InChI is InChI=1S/C32H29FN6O/c1-19(36-32(40)20-6-3-4-7-20)14-23(18-34-2)21-10-11-28-25(16-21)31(39-38-28)29-17-26-27(37-29)12-13-35-30(26)22-8-5-9-24(33)15-22/h5,8-18,20,37H,2-4,6-7H2,1H3,(H,36,40)(H,38,39)/b19-14+,23-18+. The van der Waals surface area contributed by atoms with E-state index in [1.54, 1.807) is 18.5 Å². The molecular weight excluding hydrogens is 503 g/mol. The fourth-order valence-corrected chi connectivity index (χ4v) is 5.49. The number of carbonyl (C=O) groups is 1. The molecule has 7 nitrogen and oxygen atoms in total. The van der Waals surface area contributed by atoms with Gasteiger partial charge in [0.05, 0.1) is 16.9 Å². The van der Waals surface area contributed by atoms with Crippen molar-refractivity contribution in [2.45, 2.75) is 32.6 Å². The largest absolute Gasteiger partial charge is 0.353 e. The number of aromatic amines is 2. The fourth-order valence-electron chi connectivity index (χ4n) is 5.49. The van der Waals surface area contributed by atoms with Crippen LogP contribution in [0.3, 0.4) is 0 Å². The number of allylic oxidation sites excluding steroid dienone is 3. The number of fused-ring (bicyclic) bond motifs is 2. The van der Waals surface area contributed by atoms with Gasteiger partial charge < -0.3 is 10.3 Å². The fraction of sp³-hybridized carbons (Fsp3) is 0.188. The minimum atomic E-state index is -0.307. The average molecular weight is 533 g/mol. The van der Waals surface area contributed by atoms with Gasteiger partial charge in [0.1, 0.15) is 11.5 Å². The lowest BCUT2D eigenvalue weighted by Crippen LogP contribution is -2.27. The molecule has 1 aliphatic carbocycles. The van der Waals surface area contributed by atoms with Crippen molar-refractivity contribution in [1.29, 1.82) is 0 Å². The molecule has 8 heteroatoms. The summed E-state index contributed by atoms with van der Waals surface area (Å²) in [5.74, 6) is -0.139. The summed E-state index contributed by atoms with van der Waals surface area (Å²) in [6.45, 7) is 5.53. The first-order valence-corrected chi connectivity index (χ1v) is 13.4. The van der Waals surface area contributed by atoms with Gasteiger partial charge in [-0.1, -0.05) is 31.0 Å². The van der Waals surface area contributed by atoms with Crippen molar-refractivity contribution in [1.82, 2.24) is 25.5 Å². The van der Waals surface area contributed by atoms with Crippen molar-refractivity contribution in [3.63, 3.8) is 0 Å². The Kier molecular flexibility index (Phi) is 6.82. The highest BCUT2D eigenvalue weighted by atomic mass is 19.1. The molecule has 1 amide bonds. The number of benzene rings is 2. The van der Waals surface area contributed by atoms with Crippen LogP contribution in [0.5, 0.6) is 0 Å². The summed E-state index contributed by atoms with van der Waals surface area (Å²) in [6.07, 6.45) is 9.43. The van der Waals surface area contributed by atoms with Gasteiger partial charge in [0.2, 0.25) is 5.91 Å². The van der Waals surface area contributed by atoms with Gasteiger partial charge in [-0.2, -0.15) is 5.10 Å². The molecule has 5 aromatic rings. The maximum atomic E-state index is 13.9. The quantitative estimate of drug-likeness (QED) is 0.153. The second-order valence-corrected chi connectivity index (χ2v) is 10.2. The highest BCUT2D eigenvalue weighted by Gasteiger charge is 2.22. The number of hydrogen-bond acceptors (Lipinski definition) is 4. The third kappa shape index (κ3) is 4.96. The van der Waals surface area contributed by atoms with Gasteiger partial charge >= 0.3 is 0 Å². The molecule has 0 saturated heterocycles. The molecule has 40 heavy (non-hydrogen) atoms. The monoisotopic (exact) mass is 532 g/mol. The molecule has 3 aromatic heterocycles. The van der Waals surface area contributed by atoms with E-state index in [0.29, 0.717) is 11.3 Å². The number of aliphatic imine (C=N–C) groups is 1. The number of hydrogen-bond donors (Lipinski definition) is 3. The van der Waals surface area contributed by atoms with E-state index in [9.17, 15) is 9.18 Å². The van der Waals surface area contributed by atoms with Gasteiger partial charge in [-0.25, -0.2) is 4.39 Å². The third-order valence-electron chi connectivity index (χ3n) is 7.45. The van der Waals surface area contributed by atoms with Crippen LogP contribution < -0.4 is 5.32 Å². The van der Waals surface area contributed by atoms with Crippen LogP contribution in [-0.2, 0) is 4.79 Å². The number of H-pyrrole nitrogens is 2. The predicted molar refractivity (Wildman–Crippen MR) is 158 cm³/mol. The third-order valence-corrected chi connectivity index (χ3v) is 7.45. The van der Waals surface area contributed by atoms with E-state index in [1.807, 2.05) is 49.4 Å². The summed E-state index contributed by atoms with van der Waals surface area (Å²) in [5, 5.41) is 12.6. The predicted octanol–water partition coefficient (Wildman–Crippen LogP) is 7.16. The van der Waals surface area contributed by atoms with E-state index in [0.717, 1.165) is 75.7 Å². The van der Waals surface area contributed by atoms with Gasteiger partial charge in [0.15, 0.2) is 0 Å². The summed E-state index contributed by atoms with van der Waals surface area (Å²) in [7, 11) is 0. The van der Waals surface area contributed by atoms with Crippen LogP contribution in [0.2, 0.25) is 0 Å². The molecule has 3 heterocycles. The summed E-state index contributed by atoms with van der Waals surface area (Å²) in [4.78, 5) is 24.6. The van der Waals surface area contributed by atoms with Crippen LogP contribution in [0.4, 0.5) is 4.39 Å². The SMILES string of the molecule is C=N/C=C(\C=C(/C)NC(=O)C1CCCC1)c1ccc2[nH]nc(-c3cc4c(-c5cccc(F)c5)nccc4[nH]3)c2c1. The minimum Gasteiger partial charge on any atom is -0.353 e. The molecule has 1 aliphatic rings. The van der Waals surface area contributed by atoms with E-state index < -0.39 is 0 Å². The maximum Gasteiger partial charge on any atom is 0.227 e. The average Bonchev–Trinajstić information content (AvgIpc) is 3.72. The molecule has 200 valence electrons. The Balaban J connectivity index is 1.36. The van der Waals surface area contributed by atoms with E-state index >= 15 is 0 Å². The number of halogens is 1. The second-order valence-electron chi connectivity index (χ2n) is 10.2.